The van der Waals surface area contributed by atoms with Gasteiger partial charge >= 0.3 is 0 Å². The number of hydrogen-bond acceptors (Lipinski definition) is 3. The minimum Gasteiger partial charge on any atom is -0.339 e. The molecule has 0 spiro atoms. The first-order valence-electron chi connectivity index (χ1n) is 4.90. The molecule has 2 rings (SSSR count). The summed E-state index contributed by atoms with van der Waals surface area (Å²) in [6.45, 7) is 0.825. The smallest absolute Gasteiger partial charge is 0.170 e. The van der Waals surface area contributed by atoms with Crippen LogP contribution in [0.3, 0.4) is 0 Å². The average Bonchev–Trinajstić information content (AvgIpc) is 2.75. The van der Waals surface area contributed by atoms with Crippen LogP contribution in [-0.4, -0.2) is 17.0 Å². The SMILES string of the molecule is CNCc1ccc(Sc2ncc[nH]2)c(Cl)c1. The van der Waals surface area contributed by atoms with Crippen molar-refractivity contribution in [2.45, 2.75) is 16.6 Å². The Morgan fingerprint density at radius 3 is 3.00 bits per heavy atom. The lowest BCUT2D eigenvalue weighted by Crippen LogP contribution is -2.04. The Bertz CT molecular complexity index is 456. The van der Waals surface area contributed by atoms with E-state index in [-0.39, 0.29) is 0 Å². The van der Waals surface area contributed by atoms with Gasteiger partial charge in [0.15, 0.2) is 5.16 Å². The van der Waals surface area contributed by atoms with Gasteiger partial charge in [-0.25, -0.2) is 4.98 Å². The minimum atomic E-state index is 0.758. The fourth-order valence-corrected chi connectivity index (χ4v) is 2.41. The van der Waals surface area contributed by atoms with Crippen molar-refractivity contribution < 1.29 is 0 Å². The van der Waals surface area contributed by atoms with E-state index < -0.39 is 0 Å². The van der Waals surface area contributed by atoms with Crippen molar-refractivity contribution in [1.29, 1.82) is 0 Å². The van der Waals surface area contributed by atoms with E-state index >= 15 is 0 Å². The maximum absolute atomic E-state index is 6.19. The fraction of sp³-hybridized carbons (Fsp3) is 0.182. The van der Waals surface area contributed by atoms with Gasteiger partial charge < -0.3 is 10.3 Å². The van der Waals surface area contributed by atoms with Crippen LogP contribution in [0.5, 0.6) is 0 Å². The summed E-state index contributed by atoms with van der Waals surface area (Å²) in [5, 5.41) is 4.70. The second-order valence-corrected chi connectivity index (χ2v) is 4.73. The molecule has 0 fully saturated rings. The van der Waals surface area contributed by atoms with Crippen molar-refractivity contribution in [1.82, 2.24) is 15.3 Å². The van der Waals surface area contributed by atoms with Crippen LogP contribution < -0.4 is 5.32 Å². The van der Waals surface area contributed by atoms with Crippen molar-refractivity contribution in [2.75, 3.05) is 7.05 Å². The molecule has 3 nitrogen and oxygen atoms in total. The predicted molar refractivity (Wildman–Crippen MR) is 66.9 cm³/mol. The van der Waals surface area contributed by atoms with Crippen LogP contribution >= 0.6 is 23.4 Å². The first-order chi connectivity index (χ1) is 7.79. The lowest BCUT2D eigenvalue weighted by atomic mass is 10.2. The highest BCUT2D eigenvalue weighted by molar-refractivity contribution is 7.99. The third-order valence-corrected chi connectivity index (χ3v) is 3.47. The topological polar surface area (TPSA) is 40.7 Å². The number of H-pyrrole nitrogens is 1. The molecule has 0 bridgehead atoms. The number of hydrogen-bond donors (Lipinski definition) is 2. The zero-order valence-corrected chi connectivity index (χ0v) is 10.4. The third kappa shape index (κ3) is 2.78. The second kappa shape index (κ2) is 5.39. The quantitative estimate of drug-likeness (QED) is 0.880. The van der Waals surface area contributed by atoms with E-state index in [2.05, 4.69) is 21.4 Å². The van der Waals surface area contributed by atoms with E-state index in [1.807, 2.05) is 19.2 Å². The summed E-state index contributed by atoms with van der Waals surface area (Å²) in [6.07, 6.45) is 3.53. The maximum Gasteiger partial charge on any atom is 0.170 e. The minimum absolute atomic E-state index is 0.758. The molecule has 0 saturated heterocycles. The Hall–Kier alpha value is -0.970. The molecule has 5 heteroatoms. The van der Waals surface area contributed by atoms with Gasteiger partial charge in [-0.05, 0) is 24.7 Å². The highest BCUT2D eigenvalue weighted by Crippen LogP contribution is 2.31. The molecule has 0 radical (unpaired) electrons. The van der Waals surface area contributed by atoms with Crippen LogP contribution in [0.2, 0.25) is 5.02 Å². The number of aromatic nitrogens is 2. The van der Waals surface area contributed by atoms with Crippen LogP contribution in [0.4, 0.5) is 0 Å². The van der Waals surface area contributed by atoms with Gasteiger partial charge in [-0.1, -0.05) is 29.4 Å². The molecular weight excluding hydrogens is 242 g/mol. The summed E-state index contributed by atoms with van der Waals surface area (Å²) in [6, 6.07) is 6.05. The van der Waals surface area contributed by atoms with Gasteiger partial charge in [-0.3, -0.25) is 0 Å². The van der Waals surface area contributed by atoms with Crippen molar-refractivity contribution in [2.24, 2.45) is 0 Å². The molecule has 2 N–H and O–H groups in total. The van der Waals surface area contributed by atoms with Crippen LogP contribution in [-0.2, 0) is 6.54 Å². The molecule has 0 unspecified atom stereocenters. The molecule has 0 aliphatic carbocycles. The van der Waals surface area contributed by atoms with Crippen LogP contribution in [0.15, 0.2) is 40.6 Å². The van der Waals surface area contributed by atoms with E-state index in [0.29, 0.717) is 0 Å². The molecule has 0 atom stereocenters. The average molecular weight is 254 g/mol. The normalized spacial score (nSPS) is 10.6. The molecule has 0 aliphatic rings. The molecule has 16 heavy (non-hydrogen) atoms. The number of imidazole rings is 1. The Balaban J connectivity index is 2.16. The number of nitrogens with zero attached hydrogens (tertiary/aromatic N) is 1. The Kier molecular flexibility index (Phi) is 3.88. The van der Waals surface area contributed by atoms with Crippen molar-refractivity contribution in [3.8, 4) is 0 Å². The Morgan fingerprint density at radius 1 is 1.50 bits per heavy atom. The highest BCUT2D eigenvalue weighted by atomic mass is 35.5. The van der Waals surface area contributed by atoms with Gasteiger partial charge in [0.05, 0.1) is 5.02 Å². The van der Waals surface area contributed by atoms with Gasteiger partial charge in [0.2, 0.25) is 0 Å². The summed E-state index contributed by atoms with van der Waals surface area (Å²) in [4.78, 5) is 8.19. The number of benzene rings is 1. The van der Waals surface area contributed by atoms with Gasteiger partial charge in [-0.2, -0.15) is 0 Å². The van der Waals surface area contributed by atoms with Gasteiger partial charge in [-0.15, -0.1) is 0 Å². The molecule has 0 aliphatic heterocycles. The van der Waals surface area contributed by atoms with Gasteiger partial charge in [0, 0.05) is 23.8 Å². The second-order valence-electron chi connectivity index (χ2n) is 3.29. The summed E-state index contributed by atoms with van der Waals surface area (Å²) in [5.74, 6) is 0. The molecular formula is C11H12ClN3S. The largest absolute Gasteiger partial charge is 0.339 e. The van der Waals surface area contributed by atoms with Crippen LogP contribution in [0, 0.1) is 0 Å². The van der Waals surface area contributed by atoms with E-state index in [0.717, 1.165) is 21.6 Å². The van der Waals surface area contributed by atoms with Gasteiger partial charge in [0.25, 0.3) is 0 Å². The van der Waals surface area contributed by atoms with E-state index in [4.69, 9.17) is 11.6 Å². The molecule has 0 amide bonds. The van der Waals surface area contributed by atoms with Crippen molar-refractivity contribution in [3.05, 3.63) is 41.2 Å². The van der Waals surface area contributed by atoms with Crippen LogP contribution in [0.25, 0.3) is 0 Å². The number of halogens is 1. The fourth-order valence-electron chi connectivity index (χ4n) is 1.35. The van der Waals surface area contributed by atoms with Crippen LogP contribution in [0.1, 0.15) is 5.56 Å². The number of aromatic amines is 1. The van der Waals surface area contributed by atoms with Crippen molar-refractivity contribution in [3.63, 3.8) is 0 Å². The lowest BCUT2D eigenvalue weighted by Gasteiger charge is -2.05. The van der Waals surface area contributed by atoms with E-state index in [9.17, 15) is 0 Å². The van der Waals surface area contributed by atoms with Gasteiger partial charge in [0.1, 0.15) is 0 Å². The standard InChI is InChI=1S/C11H12ClN3S/c1-13-7-8-2-3-10(9(12)6-8)16-11-14-4-5-15-11/h2-6,13H,7H2,1H3,(H,14,15). The Morgan fingerprint density at radius 2 is 2.38 bits per heavy atom. The predicted octanol–water partition coefficient (Wildman–Crippen LogP) is 2.93. The highest BCUT2D eigenvalue weighted by Gasteiger charge is 2.05. The van der Waals surface area contributed by atoms with E-state index in [1.165, 1.54) is 17.3 Å². The summed E-state index contributed by atoms with van der Waals surface area (Å²) in [5.41, 5.74) is 1.18. The first-order valence-corrected chi connectivity index (χ1v) is 6.09. The third-order valence-electron chi connectivity index (χ3n) is 2.06. The molecule has 1 aromatic carbocycles. The zero-order chi connectivity index (χ0) is 11.4. The zero-order valence-electron chi connectivity index (χ0n) is 8.83. The first kappa shape index (κ1) is 11.5. The molecule has 2 aromatic rings. The number of rotatable bonds is 4. The van der Waals surface area contributed by atoms with E-state index in [1.54, 1.807) is 12.4 Å². The number of nitrogens with one attached hydrogen (secondary N) is 2. The monoisotopic (exact) mass is 253 g/mol. The molecule has 1 heterocycles. The lowest BCUT2D eigenvalue weighted by molar-refractivity contribution is 0.817. The molecule has 84 valence electrons. The molecule has 0 saturated carbocycles. The summed E-state index contributed by atoms with van der Waals surface area (Å²) in [7, 11) is 1.92. The van der Waals surface area contributed by atoms with Crippen molar-refractivity contribution >= 4 is 23.4 Å². The summed E-state index contributed by atoms with van der Waals surface area (Å²) < 4.78 is 0. The summed E-state index contributed by atoms with van der Waals surface area (Å²) >= 11 is 7.72. The molecule has 1 aromatic heterocycles. The maximum atomic E-state index is 6.19. The Labute approximate surface area is 104 Å².